The van der Waals surface area contributed by atoms with Crippen molar-refractivity contribution in [2.75, 3.05) is 17.7 Å². The van der Waals surface area contributed by atoms with Gasteiger partial charge in [-0.1, -0.05) is 11.3 Å². The van der Waals surface area contributed by atoms with Crippen LogP contribution in [0.2, 0.25) is 0 Å². The highest BCUT2D eigenvalue weighted by Gasteiger charge is 2.34. The Bertz CT molecular complexity index is 670. The van der Waals surface area contributed by atoms with Crippen LogP contribution in [0.3, 0.4) is 0 Å². The summed E-state index contributed by atoms with van der Waals surface area (Å²) in [6.45, 7) is 0. The topological polar surface area (TPSA) is 66.9 Å². The van der Waals surface area contributed by atoms with Gasteiger partial charge in [0.15, 0.2) is 0 Å². The molecule has 5 nitrogen and oxygen atoms in total. The van der Waals surface area contributed by atoms with E-state index < -0.39 is 23.5 Å². The van der Waals surface area contributed by atoms with Gasteiger partial charge >= 0.3 is 6.18 Å². The van der Waals surface area contributed by atoms with Crippen molar-refractivity contribution >= 4 is 28.1 Å². The van der Waals surface area contributed by atoms with E-state index in [1.807, 2.05) is 0 Å². The highest BCUT2D eigenvalue weighted by atomic mass is 32.1. The van der Waals surface area contributed by atoms with Crippen molar-refractivity contribution in [3.63, 3.8) is 0 Å². The van der Waals surface area contributed by atoms with Crippen molar-refractivity contribution in [3.05, 3.63) is 34.6 Å². The molecule has 0 saturated carbocycles. The molecule has 0 fully saturated rings. The van der Waals surface area contributed by atoms with Crippen molar-refractivity contribution in [2.24, 2.45) is 0 Å². The first-order valence-electron chi connectivity index (χ1n) is 5.50. The summed E-state index contributed by atoms with van der Waals surface area (Å²) in [6, 6.07) is 2.19. The summed E-state index contributed by atoms with van der Waals surface area (Å²) in [4.78, 5) is 11.8. The summed E-state index contributed by atoms with van der Waals surface area (Å²) in [7, 11) is 1.58. The molecule has 1 heterocycles. The minimum Gasteiger partial charge on any atom is -0.363 e. The second-order valence-corrected chi connectivity index (χ2v) is 4.79. The van der Waals surface area contributed by atoms with Gasteiger partial charge in [0.05, 0.1) is 5.56 Å². The van der Waals surface area contributed by atoms with Gasteiger partial charge in [0.1, 0.15) is 5.82 Å². The zero-order valence-corrected chi connectivity index (χ0v) is 11.3. The lowest BCUT2D eigenvalue weighted by atomic mass is 10.2. The number of hydrogen-bond acceptors (Lipinski definition) is 5. The number of halogens is 4. The number of alkyl halides is 3. The van der Waals surface area contributed by atoms with Crippen molar-refractivity contribution in [1.29, 1.82) is 0 Å². The Labute approximate surface area is 120 Å². The van der Waals surface area contributed by atoms with Crippen LogP contribution in [0.25, 0.3) is 0 Å². The van der Waals surface area contributed by atoms with Gasteiger partial charge < -0.3 is 10.6 Å². The van der Waals surface area contributed by atoms with E-state index in [0.29, 0.717) is 17.3 Å². The highest BCUT2D eigenvalue weighted by molar-refractivity contribution is 7.17. The van der Waals surface area contributed by atoms with Crippen molar-refractivity contribution < 1.29 is 22.4 Å². The average Bonchev–Trinajstić information content (AvgIpc) is 2.88. The van der Waals surface area contributed by atoms with Crippen LogP contribution < -0.4 is 10.6 Å². The van der Waals surface area contributed by atoms with E-state index in [4.69, 9.17) is 0 Å². The van der Waals surface area contributed by atoms with Gasteiger partial charge in [-0.2, -0.15) is 13.2 Å². The van der Waals surface area contributed by atoms with E-state index in [0.717, 1.165) is 17.4 Å². The van der Waals surface area contributed by atoms with Crippen LogP contribution in [-0.4, -0.2) is 23.2 Å². The number of aromatic nitrogens is 2. The van der Waals surface area contributed by atoms with Crippen LogP contribution >= 0.6 is 11.3 Å². The summed E-state index contributed by atoms with van der Waals surface area (Å²) in [5.41, 5.74) is -1.64. The molecule has 21 heavy (non-hydrogen) atoms. The fraction of sp³-hybridized carbons (Fsp3) is 0.182. The molecule has 0 radical (unpaired) electrons. The van der Waals surface area contributed by atoms with Crippen molar-refractivity contribution in [2.45, 2.75) is 6.18 Å². The maximum Gasteiger partial charge on any atom is 0.419 e. The quantitative estimate of drug-likeness (QED) is 0.853. The summed E-state index contributed by atoms with van der Waals surface area (Å²) in [6.07, 6.45) is -4.84. The maximum absolute atomic E-state index is 13.1. The third-order valence-corrected chi connectivity index (χ3v) is 3.30. The number of nitrogens with one attached hydrogen (secondary N) is 2. The number of amides is 1. The lowest BCUT2D eigenvalue weighted by Gasteiger charge is -2.10. The first-order chi connectivity index (χ1) is 9.81. The molecule has 1 aromatic heterocycles. The standard InChI is InChI=1S/C11H8F4N4OS/c1-16-10-19-18-9(21-10)8(20)17-5-2-3-7(12)6(4-5)11(13,14)15/h2-4H,1H3,(H,16,19)(H,17,20). The molecule has 0 saturated heterocycles. The molecule has 112 valence electrons. The zero-order valence-electron chi connectivity index (χ0n) is 10.5. The number of carbonyl (C=O) groups excluding carboxylic acids is 1. The van der Waals surface area contributed by atoms with Crippen LogP contribution in [0.4, 0.5) is 28.4 Å². The molecule has 0 atom stereocenters. The molecule has 0 aliphatic carbocycles. The van der Waals surface area contributed by atoms with Crippen LogP contribution in [0.15, 0.2) is 18.2 Å². The minimum atomic E-state index is -4.84. The molecule has 0 aliphatic heterocycles. The van der Waals surface area contributed by atoms with E-state index >= 15 is 0 Å². The lowest BCUT2D eigenvalue weighted by Crippen LogP contribution is -2.14. The highest BCUT2D eigenvalue weighted by Crippen LogP contribution is 2.33. The number of carbonyl (C=O) groups is 1. The summed E-state index contributed by atoms with van der Waals surface area (Å²) < 4.78 is 50.8. The van der Waals surface area contributed by atoms with Gasteiger partial charge in [-0.15, -0.1) is 10.2 Å². The lowest BCUT2D eigenvalue weighted by molar-refractivity contribution is -0.139. The molecule has 2 aromatic rings. The first-order valence-corrected chi connectivity index (χ1v) is 6.32. The summed E-state index contributed by atoms with van der Waals surface area (Å²) in [5, 5.41) is 12.4. The Morgan fingerprint density at radius 3 is 2.57 bits per heavy atom. The maximum atomic E-state index is 13.1. The van der Waals surface area contributed by atoms with Crippen LogP contribution in [0.5, 0.6) is 0 Å². The second-order valence-electron chi connectivity index (χ2n) is 3.81. The Morgan fingerprint density at radius 2 is 2.00 bits per heavy atom. The third-order valence-electron chi connectivity index (χ3n) is 2.36. The van der Waals surface area contributed by atoms with Gasteiger partial charge in [0, 0.05) is 12.7 Å². The Morgan fingerprint density at radius 1 is 1.29 bits per heavy atom. The summed E-state index contributed by atoms with van der Waals surface area (Å²) >= 11 is 0.931. The van der Waals surface area contributed by atoms with Crippen LogP contribution in [0, 0.1) is 5.82 Å². The molecule has 2 N–H and O–H groups in total. The van der Waals surface area contributed by atoms with E-state index in [2.05, 4.69) is 20.8 Å². The molecule has 2 rings (SSSR count). The normalized spacial score (nSPS) is 11.3. The molecule has 0 spiro atoms. The Hall–Kier alpha value is -2.23. The minimum absolute atomic E-state index is 0.0303. The number of benzene rings is 1. The van der Waals surface area contributed by atoms with E-state index in [1.54, 1.807) is 7.05 Å². The smallest absolute Gasteiger partial charge is 0.363 e. The fourth-order valence-electron chi connectivity index (χ4n) is 1.42. The number of anilines is 2. The number of nitrogens with zero attached hydrogens (tertiary/aromatic N) is 2. The van der Waals surface area contributed by atoms with Gasteiger partial charge in [0.2, 0.25) is 10.1 Å². The van der Waals surface area contributed by atoms with E-state index in [9.17, 15) is 22.4 Å². The molecular weight excluding hydrogens is 312 g/mol. The molecular formula is C11H8F4N4OS. The van der Waals surface area contributed by atoms with Gasteiger partial charge in [-0.05, 0) is 18.2 Å². The fourth-order valence-corrected chi connectivity index (χ4v) is 2.01. The SMILES string of the molecule is CNc1nnc(C(=O)Nc2ccc(F)c(C(F)(F)F)c2)s1. The predicted octanol–water partition coefficient (Wildman–Crippen LogP) is 2.99. The van der Waals surface area contributed by atoms with Crippen LogP contribution in [0.1, 0.15) is 15.4 Å². The first kappa shape index (κ1) is 15.2. The molecule has 1 amide bonds. The number of rotatable bonds is 3. The van der Waals surface area contributed by atoms with Gasteiger partial charge in [-0.3, -0.25) is 4.79 Å². The number of hydrogen-bond donors (Lipinski definition) is 2. The zero-order chi connectivity index (χ0) is 15.6. The molecule has 0 unspecified atom stereocenters. The van der Waals surface area contributed by atoms with Gasteiger partial charge in [0.25, 0.3) is 5.91 Å². The largest absolute Gasteiger partial charge is 0.419 e. The molecule has 0 aliphatic rings. The Kier molecular flexibility index (Phi) is 4.07. The van der Waals surface area contributed by atoms with Crippen molar-refractivity contribution in [3.8, 4) is 0 Å². The summed E-state index contributed by atoms with van der Waals surface area (Å²) in [5.74, 6) is -2.14. The van der Waals surface area contributed by atoms with E-state index in [1.165, 1.54) is 0 Å². The monoisotopic (exact) mass is 320 g/mol. The molecule has 10 heteroatoms. The van der Waals surface area contributed by atoms with Crippen molar-refractivity contribution in [1.82, 2.24) is 10.2 Å². The molecule has 0 bridgehead atoms. The Balaban J connectivity index is 2.21. The predicted molar refractivity (Wildman–Crippen MR) is 68.8 cm³/mol. The molecule has 1 aromatic carbocycles. The average molecular weight is 320 g/mol. The second kappa shape index (κ2) is 5.64. The van der Waals surface area contributed by atoms with Gasteiger partial charge in [-0.25, -0.2) is 4.39 Å². The van der Waals surface area contributed by atoms with E-state index in [-0.39, 0.29) is 10.7 Å². The third kappa shape index (κ3) is 3.45. The van der Waals surface area contributed by atoms with Crippen LogP contribution in [-0.2, 0) is 6.18 Å².